The van der Waals surface area contributed by atoms with Crippen LogP contribution in [0, 0.1) is 0 Å². The molecule has 0 aliphatic rings. The first-order valence-corrected chi connectivity index (χ1v) is 7.91. The Labute approximate surface area is 64.1 Å². The summed E-state index contributed by atoms with van der Waals surface area (Å²) in [5.41, 5.74) is 0. The third kappa shape index (κ3) is 4.14. The van der Waals surface area contributed by atoms with E-state index in [1.54, 1.807) is 10.9 Å². The van der Waals surface area contributed by atoms with Crippen LogP contribution in [-0.2, 0) is 10.9 Å². The summed E-state index contributed by atoms with van der Waals surface area (Å²) in [6, 6.07) is 0. The number of rotatable bonds is 2. The fourth-order valence-corrected chi connectivity index (χ4v) is 4.28. The second-order valence-corrected chi connectivity index (χ2v) is 11.7. The van der Waals surface area contributed by atoms with Crippen LogP contribution in [0.5, 0.6) is 0 Å². The van der Waals surface area contributed by atoms with Crippen molar-refractivity contribution in [2.75, 3.05) is 11.9 Å². The minimum atomic E-state index is -1.56. The fourth-order valence-electron chi connectivity index (χ4n) is 0.280. The average Bonchev–Trinajstić information content (AvgIpc) is 1.67. The molecule has 0 atom stereocenters. The topological polar surface area (TPSA) is 0 Å². The summed E-state index contributed by atoms with van der Waals surface area (Å²) in [4.78, 5) is 0. The summed E-state index contributed by atoms with van der Waals surface area (Å²) in [7, 11) is 1.68. The number of hydrogen-bond donors (Lipinski definition) is 0. The molecule has 0 spiro atoms. The molecular formula is C4H10Cl2PS+. The van der Waals surface area contributed by atoms with E-state index in [1.807, 2.05) is 6.92 Å². The summed E-state index contributed by atoms with van der Waals surface area (Å²) in [6.07, 6.45) is 0.911. The van der Waals surface area contributed by atoms with Crippen molar-refractivity contribution in [2.24, 2.45) is 0 Å². The molecule has 50 valence electrons. The molecule has 0 rings (SSSR count). The average molecular weight is 192 g/mol. The van der Waals surface area contributed by atoms with Crippen molar-refractivity contribution in [2.45, 2.75) is 13.8 Å². The molecule has 8 heavy (non-hydrogen) atoms. The molecule has 0 aromatic carbocycles. The van der Waals surface area contributed by atoms with Crippen LogP contribution >= 0.6 is 27.2 Å². The van der Waals surface area contributed by atoms with E-state index < -0.39 is 4.74 Å². The van der Waals surface area contributed by atoms with Crippen LogP contribution in [0.15, 0.2) is 0 Å². The number of hydrogen-bond acceptors (Lipinski definition) is 0. The standard InChI is InChI=1S/C4H10Cl2PS/c1-3-7(5,6)8-4-2/h3-4H2,1-2H3/q+1. The van der Waals surface area contributed by atoms with Crippen LogP contribution in [0.4, 0.5) is 0 Å². The van der Waals surface area contributed by atoms with Gasteiger partial charge in [0.2, 0.25) is 0 Å². The molecule has 0 bridgehead atoms. The minimum absolute atomic E-state index is 0.911. The van der Waals surface area contributed by atoms with Gasteiger partial charge >= 0.3 is 0 Å². The highest BCUT2D eigenvalue weighted by Gasteiger charge is 2.18. The van der Waals surface area contributed by atoms with Crippen LogP contribution < -0.4 is 0 Å². The molecule has 0 aromatic rings. The van der Waals surface area contributed by atoms with Crippen molar-refractivity contribution in [1.82, 2.24) is 0 Å². The van der Waals surface area contributed by atoms with Crippen LogP contribution in [0.3, 0.4) is 0 Å². The molecule has 0 heterocycles. The molecule has 4 heteroatoms. The lowest BCUT2D eigenvalue weighted by Crippen LogP contribution is -1.72. The largest absolute Gasteiger partial charge is 0.294 e. The molecule has 0 saturated carbocycles. The molecule has 0 aliphatic carbocycles. The van der Waals surface area contributed by atoms with Gasteiger partial charge in [-0.15, -0.1) is 0 Å². The summed E-state index contributed by atoms with van der Waals surface area (Å²) >= 11 is 11.7. The first-order chi connectivity index (χ1) is 3.62. The quantitative estimate of drug-likeness (QED) is 0.464. The molecule has 0 aromatic heterocycles. The van der Waals surface area contributed by atoms with Gasteiger partial charge in [0.1, 0.15) is 0 Å². The monoisotopic (exact) mass is 191 g/mol. The predicted molar refractivity (Wildman–Crippen MR) is 47.1 cm³/mol. The van der Waals surface area contributed by atoms with Gasteiger partial charge in [-0.1, -0.05) is 6.92 Å². The second kappa shape index (κ2) is 4.11. The summed E-state index contributed by atoms with van der Waals surface area (Å²) in [5, 5.41) is 0. The Kier molecular flexibility index (Phi) is 4.74. The Morgan fingerprint density at radius 2 is 1.88 bits per heavy atom. The first-order valence-electron chi connectivity index (χ1n) is 2.54. The van der Waals surface area contributed by atoms with Gasteiger partial charge in [0, 0.05) is 6.16 Å². The maximum Gasteiger partial charge on any atom is 0.294 e. The van der Waals surface area contributed by atoms with E-state index in [-0.39, 0.29) is 0 Å². The van der Waals surface area contributed by atoms with E-state index in [0.717, 1.165) is 11.9 Å². The van der Waals surface area contributed by atoms with Gasteiger partial charge in [0.05, 0.1) is 0 Å². The molecule has 0 N–H and O–H groups in total. The van der Waals surface area contributed by atoms with Crippen LogP contribution in [0.1, 0.15) is 13.8 Å². The van der Waals surface area contributed by atoms with Crippen molar-refractivity contribution in [1.29, 1.82) is 0 Å². The third-order valence-corrected chi connectivity index (χ3v) is 7.93. The van der Waals surface area contributed by atoms with E-state index >= 15 is 0 Å². The van der Waals surface area contributed by atoms with E-state index in [2.05, 4.69) is 6.92 Å². The van der Waals surface area contributed by atoms with Crippen LogP contribution in [-0.4, -0.2) is 11.9 Å². The zero-order valence-electron chi connectivity index (χ0n) is 5.03. The lowest BCUT2D eigenvalue weighted by Gasteiger charge is -1.87. The van der Waals surface area contributed by atoms with Crippen molar-refractivity contribution < 1.29 is 0 Å². The lowest BCUT2D eigenvalue weighted by atomic mass is 11.0. The van der Waals surface area contributed by atoms with Crippen LogP contribution in [0.25, 0.3) is 0 Å². The van der Waals surface area contributed by atoms with Crippen molar-refractivity contribution in [3.05, 3.63) is 0 Å². The molecular weight excluding hydrogens is 182 g/mol. The van der Waals surface area contributed by atoms with E-state index in [9.17, 15) is 0 Å². The maximum atomic E-state index is 5.86. The van der Waals surface area contributed by atoms with Gasteiger partial charge in [-0.25, -0.2) is 0 Å². The molecule has 0 aliphatic heterocycles. The van der Waals surface area contributed by atoms with Gasteiger partial charge in [-0.2, -0.15) is 0 Å². The Balaban J connectivity index is 3.88. The van der Waals surface area contributed by atoms with E-state index in [1.165, 1.54) is 0 Å². The Morgan fingerprint density at radius 1 is 1.38 bits per heavy atom. The maximum absolute atomic E-state index is 5.86. The fraction of sp³-hybridized carbons (Fsp3) is 1.00. The molecule has 0 amide bonds. The van der Waals surface area contributed by atoms with Crippen molar-refractivity contribution in [3.8, 4) is 0 Å². The van der Waals surface area contributed by atoms with Gasteiger partial charge < -0.3 is 0 Å². The highest BCUT2D eigenvalue weighted by molar-refractivity contribution is 8.44. The van der Waals surface area contributed by atoms with Gasteiger partial charge in [0.15, 0.2) is 16.7 Å². The second-order valence-electron chi connectivity index (χ2n) is 1.30. The van der Waals surface area contributed by atoms with Gasteiger partial charge in [-0.3, -0.25) is 0 Å². The van der Waals surface area contributed by atoms with Crippen molar-refractivity contribution >= 4 is 38.2 Å². The summed E-state index contributed by atoms with van der Waals surface area (Å²) < 4.78 is -1.56. The molecule has 0 saturated heterocycles. The highest BCUT2D eigenvalue weighted by Crippen LogP contribution is 2.58. The summed E-state index contributed by atoms with van der Waals surface area (Å²) in [6.45, 7) is 4.09. The third-order valence-electron chi connectivity index (χ3n) is 0.686. The first kappa shape index (κ1) is 9.23. The smallest absolute Gasteiger partial charge is 0.0546 e. The lowest BCUT2D eigenvalue weighted by molar-refractivity contribution is 1.52. The van der Waals surface area contributed by atoms with Crippen LogP contribution in [0.2, 0.25) is 0 Å². The molecule has 0 fully saturated rings. The van der Waals surface area contributed by atoms with Gasteiger partial charge in [0.25, 0.3) is 4.74 Å². The Morgan fingerprint density at radius 3 is 2.00 bits per heavy atom. The predicted octanol–water partition coefficient (Wildman–Crippen LogP) is 3.35. The number of halogens is 2. The molecule has 0 unspecified atom stereocenters. The zero-order chi connectivity index (χ0) is 6.62. The highest BCUT2D eigenvalue weighted by atomic mass is 35.9. The molecule has 0 nitrogen and oxygen atoms in total. The van der Waals surface area contributed by atoms with Crippen molar-refractivity contribution in [3.63, 3.8) is 0 Å². The zero-order valence-corrected chi connectivity index (χ0v) is 8.25. The molecule has 0 radical (unpaired) electrons. The van der Waals surface area contributed by atoms with E-state index in [4.69, 9.17) is 22.5 Å². The SMILES string of the molecule is CC[S+]=P(Cl)(Cl)CC. The summed E-state index contributed by atoms with van der Waals surface area (Å²) in [5.74, 6) is 1.02. The Bertz CT molecular complexity index is 107. The normalized spacial score (nSPS) is 11.5. The van der Waals surface area contributed by atoms with Gasteiger partial charge in [-0.05, 0) is 29.4 Å². The Hall–Kier alpha value is 1.23. The minimum Gasteiger partial charge on any atom is -0.0546 e. The van der Waals surface area contributed by atoms with E-state index in [0.29, 0.717) is 0 Å².